The molecule has 4 heteroatoms. The summed E-state index contributed by atoms with van der Waals surface area (Å²) in [6.07, 6.45) is 0.940. The van der Waals surface area contributed by atoms with Gasteiger partial charge in [0.15, 0.2) is 11.5 Å². The standard InChI is InChI=1S/C19H22N2O2/c1-5-9-23-18-14(7-6-8-17(18)22-4)19-20-15-10-12(2)13(3)11-16(15)21-19/h6-8,10-11H,5,9H2,1-4H3,(H,20,21). The van der Waals surface area contributed by atoms with Crippen LogP contribution >= 0.6 is 0 Å². The molecule has 0 saturated heterocycles. The molecule has 4 nitrogen and oxygen atoms in total. The van der Waals surface area contributed by atoms with Gasteiger partial charge in [0.25, 0.3) is 0 Å². The van der Waals surface area contributed by atoms with Gasteiger partial charge in [0.2, 0.25) is 0 Å². The first-order valence-corrected chi connectivity index (χ1v) is 7.91. The van der Waals surface area contributed by atoms with Gasteiger partial charge in [-0.1, -0.05) is 13.0 Å². The number of ether oxygens (including phenoxy) is 2. The van der Waals surface area contributed by atoms with Gasteiger partial charge >= 0.3 is 0 Å². The van der Waals surface area contributed by atoms with E-state index in [1.807, 2.05) is 18.2 Å². The van der Waals surface area contributed by atoms with Crippen LogP contribution in [0.2, 0.25) is 0 Å². The fourth-order valence-corrected chi connectivity index (χ4v) is 2.61. The van der Waals surface area contributed by atoms with Crippen molar-refractivity contribution in [3.63, 3.8) is 0 Å². The van der Waals surface area contributed by atoms with E-state index in [1.54, 1.807) is 7.11 Å². The van der Waals surface area contributed by atoms with Crippen LogP contribution in [-0.4, -0.2) is 23.7 Å². The van der Waals surface area contributed by atoms with Crippen LogP contribution in [0, 0.1) is 13.8 Å². The van der Waals surface area contributed by atoms with Gasteiger partial charge in [-0.15, -0.1) is 0 Å². The second kappa shape index (κ2) is 6.32. The van der Waals surface area contributed by atoms with Gasteiger partial charge in [-0.2, -0.15) is 0 Å². The molecule has 0 spiro atoms. The van der Waals surface area contributed by atoms with Gasteiger partial charge in [0, 0.05) is 0 Å². The van der Waals surface area contributed by atoms with E-state index in [0.29, 0.717) is 6.61 Å². The number of aromatic nitrogens is 2. The zero-order valence-corrected chi connectivity index (χ0v) is 14.1. The van der Waals surface area contributed by atoms with Crippen molar-refractivity contribution < 1.29 is 9.47 Å². The van der Waals surface area contributed by atoms with E-state index in [1.165, 1.54) is 11.1 Å². The van der Waals surface area contributed by atoms with Gasteiger partial charge in [-0.05, 0) is 55.7 Å². The largest absolute Gasteiger partial charge is 0.493 e. The quantitative estimate of drug-likeness (QED) is 0.746. The molecule has 0 amide bonds. The second-order valence-electron chi connectivity index (χ2n) is 5.72. The minimum atomic E-state index is 0.645. The SMILES string of the molecule is CCCOc1c(OC)cccc1-c1nc2cc(C)c(C)cc2[nH]1. The highest BCUT2D eigenvalue weighted by molar-refractivity contribution is 5.82. The highest BCUT2D eigenvalue weighted by atomic mass is 16.5. The smallest absolute Gasteiger partial charge is 0.172 e. The maximum atomic E-state index is 5.92. The molecule has 120 valence electrons. The summed E-state index contributed by atoms with van der Waals surface area (Å²) in [7, 11) is 1.66. The average molecular weight is 310 g/mol. The number of hydrogen-bond donors (Lipinski definition) is 1. The Kier molecular flexibility index (Phi) is 4.24. The number of hydrogen-bond acceptors (Lipinski definition) is 3. The summed E-state index contributed by atoms with van der Waals surface area (Å²) in [5.74, 6) is 2.27. The summed E-state index contributed by atoms with van der Waals surface area (Å²) in [5, 5.41) is 0. The third-order valence-electron chi connectivity index (χ3n) is 4.00. The third-order valence-corrected chi connectivity index (χ3v) is 4.00. The van der Waals surface area contributed by atoms with Crippen molar-refractivity contribution in [2.24, 2.45) is 0 Å². The Morgan fingerprint density at radius 1 is 1.13 bits per heavy atom. The number of nitrogens with zero attached hydrogens (tertiary/aromatic N) is 1. The van der Waals surface area contributed by atoms with Crippen molar-refractivity contribution in [3.8, 4) is 22.9 Å². The van der Waals surface area contributed by atoms with E-state index in [2.05, 4.69) is 37.9 Å². The maximum Gasteiger partial charge on any atom is 0.172 e. The van der Waals surface area contributed by atoms with Crippen molar-refractivity contribution in [2.75, 3.05) is 13.7 Å². The lowest BCUT2D eigenvalue weighted by Gasteiger charge is -2.13. The molecule has 0 aliphatic rings. The van der Waals surface area contributed by atoms with Gasteiger partial charge in [0.1, 0.15) is 5.82 Å². The van der Waals surface area contributed by atoms with Crippen LogP contribution in [0.5, 0.6) is 11.5 Å². The molecule has 2 aromatic carbocycles. The second-order valence-corrected chi connectivity index (χ2v) is 5.72. The lowest BCUT2D eigenvalue weighted by atomic mass is 10.1. The van der Waals surface area contributed by atoms with Crippen molar-refractivity contribution >= 4 is 11.0 Å². The van der Waals surface area contributed by atoms with Crippen molar-refractivity contribution in [1.82, 2.24) is 9.97 Å². The predicted molar refractivity (Wildman–Crippen MR) is 93.3 cm³/mol. The van der Waals surface area contributed by atoms with E-state index in [9.17, 15) is 0 Å². The summed E-state index contributed by atoms with van der Waals surface area (Å²) in [4.78, 5) is 8.14. The van der Waals surface area contributed by atoms with Crippen molar-refractivity contribution in [3.05, 3.63) is 41.5 Å². The monoisotopic (exact) mass is 310 g/mol. The lowest BCUT2D eigenvalue weighted by molar-refractivity contribution is 0.295. The van der Waals surface area contributed by atoms with Crippen LogP contribution in [0.1, 0.15) is 24.5 Å². The number of H-pyrrole nitrogens is 1. The molecule has 0 bridgehead atoms. The molecule has 0 radical (unpaired) electrons. The molecule has 1 N–H and O–H groups in total. The topological polar surface area (TPSA) is 47.1 Å². The van der Waals surface area contributed by atoms with E-state index >= 15 is 0 Å². The molecule has 0 aliphatic carbocycles. The molecule has 0 saturated carbocycles. The summed E-state index contributed by atoms with van der Waals surface area (Å²) in [6, 6.07) is 10.1. The predicted octanol–water partition coefficient (Wildman–Crippen LogP) is 4.64. The molecule has 1 heterocycles. The van der Waals surface area contributed by atoms with E-state index in [-0.39, 0.29) is 0 Å². The first kappa shape index (κ1) is 15.4. The Morgan fingerprint density at radius 2 is 1.91 bits per heavy atom. The number of imidazole rings is 1. The van der Waals surface area contributed by atoms with E-state index in [4.69, 9.17) is 14.5 Å². The Morgan fingerprint density at radius 3 is 2.65 bits per heavy atom. The van der Waals surface area contributed by atoms with Crippen LogP contribution in [-0.2, 0) is 0 Å². The van der Waals surface area contributed by atoms with Gasteiger partial charge in [-0.3, -0.25) is 0 Å². The summed E-state index contributed by atoms with van der Waals surface area (Å²) in [6.45, 7) is 6.94. The highest BCUT2D eigenvalue weighted by Crippen LogP contribution is 2.37. The van der Waals surface area contributed by atoms with Crippen LogP contribution in [0.4, 0.5) is 0 Å². The molecular weight excluding hydrogens is 288 g/mol. The number of benzene rings is 2. The molecule has 0 unspecified atom stereocenters. The van der Waals surface area contributed by atoms with Crippen LogP contribution in [0.25, 0.3) is 22.4 Å². The van der Waals surface area contributed by atoms with E-state index in [0.717, 1.165) is 40.3 Å². The van der Waals surface area contributed by atoms with E-state index < -0.39 is 0 Å². The summed E-state index contributed by atoms with van der Waals surface area (Å²) in [5.41, 5.74) is 5.41. The number of nitrogens with one attached hydrogen (secondary N) is 1. The van der Waals surface area contributed by atoms with Crippen LogP contribution in [0.3, 0.4) is 0 Å². The van der Waals surface area contributed by atoms with Gasteiger partial charge in [0.05, 0.1) is 30.3 Å². The Labute approximate surface area is 136 Å². The zero-order chi connectivity index (χ0) is 16.4. The first-order chi connectivity index (χ1) is 11.1. The van der Waals surface area contributed by atoms with Gasteiger partial charge in [-0.25, -0.2) is 4.98 Å². The molecule has 0 atom stereocenters. The Bertz CT molecular complexity index is 798. The average Bonchev–Trinajstić information content (AvgIpc) is 2.95. The first-order valence-electron chi connectivity index (χ1n) is 7.91. The number of fused-ring (bicyclic) bond motifs is 1. The molecule has 3 aromatic rings. The van der Waals surface area contributed by atoms with Crippen LogP contribution < -0.4 is 9.47 Å². The Hall–Kier alpha value is -2.49. The summed E-state index contributed by atoms with van der Waals surface area (Å²) < 4.78 is 11.4. The summed E-state index contributed by atoms with van der Waals surface area (Å²) >= 11 is 0. The molecule has 0 aliphatic heterocycles. The van der Waals surface area contributed by atoms with Crippen LogP contribution in [0.15, 0.2) is 30.3 Å². The molecule has 3 rings (SSSR count). The minimum absolute atomic E-state index is 0.645. The van der Waals surface area contributed by atoms with Crippen molar-refractivity contribution in [1.29, 1.82) is 0 Å². The molecule has 1 aromatic heterocycles. The fraction of sp³-hybridized carbons (Fsp3) is 0.316. The third kappa shape index (κ3) is 2.89. The number of methoxy groups -OCH3 is 1. The minimum Gasteiger partial charge on any atom is -0.493 e. The molecule has 23 heavy (non-hydrogen) atoms. The lowest BCUT2D eigenvalue weighted by Crippen LogP contribution is -2.00. The fourth-order valence-electron chi connectivity index (χ4n) is 2.61. The van der Waals surface area contributed by atoms with Crippen molar-refractivity contribution in [2.45, 2.75) is 27.2 Å². The van der Waals surface area contributed by atoms with Gasteiger partial charge < -0.3 is 14.5 Å². The molecule has 0 fully saturated rings. The maximum absolute atomic E-state index is 5.92. The Balaban J connectivity index is 2.14. The normalized spacial score (nSPS) is 11.0. The highest BCUT2D eigenvalue weighted by Gasteiger charge is 2.15. The number of aryl methyl sites for hydroxylation is 2. The number of para-hydroxylation sites is 1. The number of aromatic amines is 1. The zero-order valence-electron chi connectivity index (χ0n) is 14.1. The molecular formula is C19H22N2O2. The number of rotatable bonds is 5.